The molecule has 2 aromatic rings. The molecule has 0 aromatic heterocycles. The number of carbonyl (C=O) groups excluding carboxylic acids is 3. The van der Waals surface area contributed by atoms with Gasteiger partial charge in [-0.1, -0.05) is 30.8 Å². The molecule has 120 valence electrons. The fourth-order valence-electron chi connectivity index (χ4n) is 2.60. The molecule has 0 heterocycles. The summed E-state index contributed by atoms with van der Waals surface area (Å²) in [4.78, 5) is 36.9. The standard InChI is InChI=1S/C18H13NO5/c1-2-23-14(20)9-24-13-8-7-12(19)15-16(13)18(22)11-6-4-3-5-10(11)17(15)21/h2-8H,1,9,19H2. The highest BCUT2D eigenvalue weighted by Crippen LogP contribution is 2.36. The Morgan fingerprint density at radius 1 is 1.04 bits per heavy atom. The predicted octanol–water partition coefficient (Wildman–Crippen LogP) is 2.11. The molecule has 0 bridgehead atoms. The summed E-state index contributed by atoms with van der Waals surface area (Å²) in [5.41, 5.74) is 6.79. The Bertz CT molecular complexity index is 885. The minimum atomic E-state index is -0.675. The normalized spacial score (nSPS) is 12.2. The number of nitrogen functional groups attached to an aromatic ring is 1. The van der Waals surface area contributed by atoms with Crippen LogP contribution < -0.4 is 10.5 Å². The van der Waals surface area contributed by atoms with Gasteiger partial charge in [0.1, 0.15) is 5.75 Å². The van der Waals surface area contributed by atoms with Crippen LogP contribution >= 0.6 is 0 Å². The van der Waals surface area contributed by atoms with Gasteiger partial charge in [0, 0.05) is 16.8 Å². The Labute approximate surface area is 137 Å². The highest BCUT2D eigenvalue weighted by Gasteiger charge is 2.34. The molecule has 6 nitrogen and oxygen atoms in total. The maximum Gasteiger partial charge on any atom is 0.348 e. The van der Waals surface area contributed by atoms with Crippen LogP contribution in [0.2, 0.25) is 0 Å². The number of nitrogens with two attached hydrogens (primary N) is 1. The lowest BCUT2D eigenvalue weighted by molar-refractivity contribution is -0.140. The van der Waals surface area contributed by atoms with E-state index in [4.69, 9.17) is 10.5 Å². The molecule has 6 heteroatoms. The van der Waals surface area contributed by atoms with E-state index in [0.29, 0.717) is 5.56 Å². The van der Waals surface area contributed by atoms with Gasteiger partial charge >= 0.3 is 5.97 Å². The van der Waals surface area contributed by atoms with E-state index in [1.54, 1.807) is 24.3 Å². The SMILES string of the molecule is C=COC(=O)COc1ccc(N)c2c1C(=O)c1ccccc1C2=O. The first kappa shape index (κ1) is 15.5. The average Bonchev–Trinajstić information content (AvgIpc) is 2.58. The van der Waals surface area contributed by atoms with E-state index in [2.05, 4.69) is 11.3 Å². The van der Waals surface area contributed by atoms with Gasteiger partial charge < -0.3 is 15.2 Å². The van der Waals surface area contributed by atoms with Crippen LogP contribution in [0.25, 0.3) is 0 Å². The van der Waals surface area contributed by atoms with E-state index in [1.165, 1.54) is 12.1 Å². The molecule has 0 aliphatic heterocycles. The van der Waals surface area contributed by atoms with Gasteiger partial charge in [0.05, 0.1) is 17.4 Å². The van der Waals surface area contributed by atoms with Crippen molar-refractivity contribution in [1.29, 1.82) is 0 Å². The van der Waals surface area contributed by atoms with Crippen molar-refractivity contribution >= 4 is 23.2 Å². The molecule has 0 radical (unpaired) electrons. The Morgan fingerprint density at radius 3 is 2.29 bits per heavy atom. The third-order valence-corrected chi connectivity index (χ3v) is 3.63. The van der Waals surface area contributed by atoms with Gasteiger partial charge in [-0.3, -0.25) is 9.59 Å². The number of anilines is 1. The molecule has 1 aliphatic carbocycles. The molecule has 0 spiro atoms. The molecule has 0 amide bonds. The van der Waals surface area contributed by atoms with Crippen LogP contribution in [0.5, 0.6) is 5.75 Å². The van der Waals surface area contributed by atoms with Crippen molar-refractivity contribution in [3.63, 3.8) is 0 Å². The van der Waals surface area contributed by atoms with Crippen molar-refractivity contribution in [3.05, 3.63) is 71.5 Å². The minimum Gasteiger partial charge on any atom is -0.481 e. The van der Waals surface area contributed by atoms with Gasteiger partial charge in [0.15, 0.2) is 18.2 Å². The number of benzene rings is 2. The summed E-state index contributed by atoms with van der Waals surface area (Å²) >= 11 is 0. The molecule has 0 fully saturated rings. The Morgan fingerprint density at radius 2 is 1.67 bits per heavy atom. The maximum atomic E-state index is 12.8. The topological polar surface area (TPSA) is 95.7 Å². The first-order valence-electron chi connectivity index (χ1n) is 7.08. The van der Waals surface area contributed by atoms with Crippen molar-refractivity contribution in [2.75, 3.05) is 12.3 Å². The number of ether oxygens (including phenoxy) is 2. The van der Waals surface area contributed by atoms with E-state index >= 15 is 0 Å². The van der Waals surface area contributed by atoms with Gasteiger partial charge in [0.2, 0.25) is 0 Å². The Balaban J connectivity index is 2.07. The molecule has 0 unspecified atom stereocenters. The summed E-state index contributed by atoms with van der Waals surface area (Å²) in [6.45, 7) is 2.85. The Kier molecular flexibility index (Phi) is 3.87. The van der Waals surface area contributed by atoms with Crippen molar-refractivity contribution in [3.8, 4) is 5.75 Å². The first-order valence-corrected chi connectivity index (χ1v) is 7.08. The fourth-order valence-corrected chi connectivity index (χ4v) is 2.60. The van der Waals surface area contributed by atoms with Gasteiger partial charge in [-0.2, -0.15) is 0 Å². The summed E-state index contributed by atoms with van der Waals surface area (Å²) in [6.07, 6.45) is 0.981. The lowest BCUT2D eigenvalue weighted by Crippen LogP contribution is -2.24. The number of hydrogen-bond acceptors (Lipinski definition) is 6. The Hall–Kier alpha value is -3.41. The van der Waals surface area contributed by atoms with Crippen molar-refractivity contribution in [1.82, 2.24) is 0 Å². The highest BCUT2D eigenvalue weighted by atomic mass is 16.6. The lowest BCUT2D eigenvalue weighted by atomic mass is 9.83. The van der Waals surface area contributed by atoms with Crippen molar-refractivity contribution in [2.24, 2.45) is 0 Å². The molecule has 24 heavy (non-hydrogen) atoms. The second kappa shape index (κ2) is 6.00. The highest BCUT2D eigenvalue weighted by molar-refractivity contribution is 6.31. The molecule has 2 N–H and O–H groups in total. The fraction of sp³-hybridized carbons (Fsp3) is 0.0556. The third-order valence-electron chi connectivity index (χ3n) is 3.63. The van der Waals surface area contributed by atoms with Crippen LogP contribution in [0.3, 0.4) is 0 Å². The number of fused-ring (bicyclic) bond motifs is 2. The van der Waals surface area contributed by atoms with Gasteiger partial charge in [-0.15, -0.1) is 0 Å². The molecular formula is C18H13NO5. The molecule has 0 atom stereocenters. The number of rotatable bonds is 4. The van der Waals surface area contributed by atoms with Crippen molar-refractivity contribution in [2.45, 2.75) is 0 Å². The van der Waals surface area contributed by atoms with Gasteiger partial charge in [-0.25, -0.2) is 4.79 Å². The molecular weight excluding hydrogens is 310 g/mol. The number of ketones is 2. The van der Waals surface area contributed by atoms with Crippen molar-refractivity contribution < 1.29 is 23.9 Å². The molecule has 3 rings (SSSR count). The number of esters is 1. The average molecular weight is 323 g/mol. The van der Waals surface area contributed by atoms with Gasteiger partial charge in [0.25, 0.3) is 0 Å². The number of carbonyl (C=O) groups is 3. The van der Waals surface area contributed by atoms with E-state index in [0.717, 1.165) is 6.26 Å². The summed E-state index contributed by atoms with van der Waals surface area (Å²) in [5, 5.41) is 0. The third kappa shape index (κ3) is 2.44. The van der Waals surface area contributed by atoms with E-state index in [1.807, 2.05) is 0 Å². The summed E-state index contributed by atoms with van der Waals surface area (Å²) < 4.78 is 9.92. The van der Waals surface area contributed by atoms with Crippen LogP contribution in [-0.2, 0) is 9.53 Å². The first-order chi connectivity index (χ1) is 11.5. The monoisotopic (exact) mass is 323 g/mol. The van der Waals surface area contributed by atoms with E-state index in [9.17, 15) is 14.4 Å². The van der Waals surface area contributed by atoms with Crippen LogP contribution in [0.15, 0.2) is 49.2 Å². The zero-order valence-corrected chi connectivity index (χ0v) is 12.6. The second-order valence-corrected chi connectivity index (χ2v) is 5.05. The smallest absolute Gasteiger partial charge is 0.348 e. The van der Waals surface area contributed by atoms with Gasteiger partial charge in [-0.05, 0) is 12.1 Å². The number of hydrogen-bond donors (Lipinski definition) is 1. The summed E-state index contributed by atoms with van der Waals surface area (Å²) in [5.74, 6) is -1.30. The van der Waals surface area contributed by atoms with E-state index in [-0.39, 0.29) is 39.7 Å². The van der Waals surface area contributed by atoms with E-state index < -0.39 is 12.6 Å². The molecule has 0 saturated heterocycles. The zero-order valence-electron chi connectivity index (χ0n) is 12.6. The molecule has 0 saturated carbocycles. The summed E-state index contributed by atoms with van der Waals surface area (Å²) in [6, 6.07) is 9.41. The predicted molar refractivity (Wildman–Crippen MR) is 85.9 cm³/mol. The maximum absolute atomic E-state index is 12.8. The zero-order chi connectivity index (χ0) is 17.3. The minimum absolute atomic E-state index is 0.0603. The van der Waals surface area contributed by atoms with Crippen LogP contribution in [0.1, 0.15) is 31.8 Å². The van der Waals surface area contributed by atoms with Crippen LogP contribution in [0, 0.1) is 0 Å². The molecule has 2 aromatic carbocycles. The van der Waals surface area contributed by atoms with Crippen LogP contribution in [-0.4, -0.2) is 24.1 Å². The summed E-state index contributed by atoms with van der Waals surface area (Å²) in [7, 11) is 0. The lowest BCUT2D eigenvalue weighted by Gasteiger charge is -2.21. The largest absolute Gasteiger partial charge is 0.481 e. The quantitative estimate of drug-likeness (QED) is 0.449. The molecule has 1 aliphatic rings. The second-order valence-electron chi connectivity index (χ2n) is 5.05. The van der Waals surface area contributed by atoms with Crippen LogP contribution in [0.4, 0.5) is 5.69 Å².